The van der Waals surface area contributed by atoms with Gasteiger partial charge in [0.2, 0.25) is 0 Å². The lowest BCUT2D eigenvalue weighted by atomic mass is 10.1. The number of thiazole rings is 1. The zero-order chi connectivity index (χ0) is 11.5. The summed E-state index contributed by atoms with van der Waals surface area (Å²) in [5, 5.41) is 9.38. The van der Waals surface area contributed by atoms with E-state index in [-0.39, 0.29) is 29.3 Å². The summed E-state index contributed by atoms with van der Waals surface area (Å²) in [6, 6.07) is 7.50. The number of carbonyl (C=O) groups is 1. The van der Waals surface area contributed by atoms with Gasteiger partial charge in [0, 0.05) is 17.1 Å². The Labute approximate surface area is 114 Å². The third-order valence-corrected chi connectivity index (χ3v) is 3.08. The molecule has 1 aromatic heterocycles. The molecule has 0 atom stereocenters. The van der Waals surface area contributed by atoms with Gasteiger partial charge < -0.3 is 4.57 Å². The van der Waals surface area contributed by atoms with Crippen molar-refractivity contribution in [1.29, 1.82) is 5.41 Å². The highest BCUT2D eigenvalue weighted by Gasteiger charge is 2.06. The molecule has 0 saturated heterocycles. The van der Waals surface area contributed by atoms with Crippen molar-refractivity contribution < 1.29 is 4.79 Å². The quantitative estimate of drug-likeness (QED) is 0.870. The number of nitrogens with zero attached hydrogens (tertiary/aromatic N) is 1. The van der Waals surface area contributed by atoms with Crippen LogP contribution in [0.4, 0.5) is 0 Å². The number of ketones is 1. The Morgan fingerprint density at radius 1 is 1.35 bits per heavy atom. The lowest BCUT2D eigenvalue weighted by molar-refractivity contribution is 0.0971. The predicted octanol–water partition coefficient (Wildman–Crippen LogP) is 2.80. The normalized spacial score (nSPS) is 9.71. The van der Waals surface area contributed by atoms with E-state index < -0.39 is 0 Å². The van der Waals surface area contributed by atoms with E-state index in [0.29, 0.717) is 10.4 Å². The highest BCUT2D eigenvalue weighted by Crippen LogP contribution is 2.05. The van der Waals surface area contributed by atoms with Crippen molar-refractivity contribution in [2.24, 2.45) is 0 Å². The molecule has 0 saturated carbocycles. The number of rotatable bonds is 3. The highest BCUT2D eigenvalue weighted by atomic mass is 79.9. The zero-order valence-corrected chi connectivity index (χ0v) is 11.9. The predicted molar refractivity (Wildman–Crippen MR) is 74.0 cm³/mol. The average molecular weight is 313 g/mol. The molecule has 0 amide bonds. The first-order valence-electron chi connectivity index (χ1n) is 4.95. The maximum atomic E-state index is 11.9. The first kappa shape index (κ1) is 13.9. The Hall–Kier alpha value is -1.20. The molecule has 0 fully saturated rings. The molecule has 1 aromatic carbocycles. The van der Waals surface area contributed by atoms with Gasteiger partial charge in [-0.25, -0.2) is 0 Å². The van der Waals surface area contributed by atoms with Crippen molar-refractivity contribution in [3.63, 3.8) is 0 Å². The fourth-order valence-corrected chi connectivity index (χ4v) is 2.01. The molecule has 90 valence electrons. The largest absolute Gasteiger partial charge is 0.316 e. The summed E-state index contributed by atoms with van der Waals surface area (Å²) in [6.45, 7) is 2.23. The van der Waals surface area contributed by atoms with Crippen molar-refractivity contribution >= 4 is 34.1 Å². The number of hydrogen-bond donors (Lipinski definition) is 1. The van der Waals surface area contributed by atoms with Crippen LogP contribution in [0.1, 0.15) is 15.9 Å². The van der Waals surface area contributed by atoms with Crippen LogP contribution in [0.3, 0.4) is 0 Å². The SMILES string of the molecule is Br.Cc1ccc(C(=O)Cn2ccsc2=N)cc1. The maximum Gasteiger partial charge on any atom is 0.182 e. The third-order valence-electron chi connectivity index (χ3n) is 2.37. The van der Waals surface area contributed by atoms with E-state index in [0.717, 1.165) is 5.56 Å². The summed E-state index contributed by atoms with van der Waals surface area (Å²) in [4.78, 5) is 12.3. The van der Waals surface area contributed by atoms with Crippen LogP contribution in [0.2, 0.25) is 0 Å². The minimum absolute atomic E-state index is 0. The summed E-state index contributed by atoms with van der Waals surface area (Å²) >= 11 is 1.32. The first-order chi connectivity index (χ1) is 7.66. The summed E-state index contributed by atoms with van der Waals surface area (Å²) in [5.74, 6) is 0.0388. The average Bonchev–Trinajstić information content (AvgIpc) is 2.65. The van der Waals surface area contributed by atoms with E-state index in [1.54, 1.807) is 10.8 Å². The van der Waals surface area contributed by atoms with Crippen molar-refractivity contribution in [3.05, 3.63) is 51.8 Å². The molecule has 0 bridgehead atoms. The first-order valence-corrected chi connectivity index (χ1v) is 5.83. The minimum atomic E-state index is 0. The van der Waals surface area contributed by atoms with Crippen molar-refractivity contribution in [3.8, 4) is 0 Å². The lowest BCUT2D eigenvalue weighted by Gasteiger charge is -2.02. The smallest absolute Gasteiger partial charge is 0.182 e. The number of aryl methyl sites for hydroxylation is 1. The molecule has 1 N–H and O–H groups in total. The van der Waals surface area contributed by atoms with Gasteiger partial charge in [-0.2, -0.15) is 0 Å². The van der Waals surface area contributed by atoms with E-state index in [4.69, 9.17) is 5.41 Å². The fourth-order valence-electron chi connectivity index (χ4n) is 1.41. The monoisotopic (exact) mass is 312 g/mol. The van der Waals surface area contributed by atoms with Crippen LogP contribution >= 0.6 is 28.3 Å². The molecule has 0 unspecified atom stereocenters. The molecule has 2 rings (SSSR count). The van der Waals surface area contributed by atoms with Gasteiger partial charge in [0.15, 0.2) is 10.6 Å². The topological polar surface area (TPSA) is 45.9 Å². The molecular formula is C12H13BrN2OS. The third kappa shape index (κ3) is 3.38. The molecule has 17 heavy (non-hydrogen) atoms. The molecule has 0 aliphatic heterocycles. The van der Waals surface area contributed by atoms with Gasteiger partial charge in [-0.15, -0.1) is 28.3 Å². The molecule has 0 aliphatic rings. The van der Waals surface area contributed by atoms with Gasteiger partial charge in [0.1, 0.15) is 0 Å². The van der Waals surface area contributed by atoms with Crippen LogP contribution in [-0.4, -0.2) is 10.4 Å². The van der Waals surface area contributed by atoms with Crippen LogP contribution < -0.4 is 4.80 Å². The summed E-state index contributed by atoms with van der Waals surface area (Å²) in [5.41, 5.74) is 1.84. The zero-order valence-electron chi connectivity index (χ0n) is 9.34. The van der Waals surface area contributed by atoms with Gasteiger partial charge in [-0.05, 0) is 6.92 Å². The number of benzene rings is 1. The Bertz CT molecular complexity index is 556. The van der Waals surface area contributed by atoms with Crippen LogP contribution in [0.5, 0.6) is 0 Å². The number of hydrogen-bond acceptors (Lipinski definition) is 3. The standard InChI is InChI=1S/C12H12N2OS.BrH/c1-9-2-4-10(5-3-9)11(15)8-14-6-7-16-12(14)13;/h2-7,13H,8H2,1H3;1H. The minimum Gasteiger partial charge on any atom is -0.316 e. The van der Waals surface area contributed by atoms with E-state index in [1.165, 1.54) is 11.3 Å². The summed E-state index contributed by atoms with van der Waals surface area (Å²) < 4.78 is 1.65. The molecule has 5 heteroatoms. The van der Waals surface area contributed by atoms with Crippen molar-refractivity contribution in [2.75, 3.05) is 0 Å². The van der Waals surface area contributed by atoms with Crippen LogP contribution in [-0.2, 0) is 6.54 Å². The maximum absolute atomic E-state index is 11.9. The number of halogens is 1. The Morgan fingerprint density at radius 2 is 2.00 bits per heavy atom. The van der Waals surface area contributed by atoms with Crippen molar-refractivity contribution in [1.82, 2.24) is 4.57 Å². The number of Topliss-reactive ketones (excluding diaryl/α,β-unsaturated/α-hetero) is 1. The molecule has 0 spiro atoms. The second-order valence-corrected chi connectivity index (χ2v) is 4.52. The molecule has 0 radical (unpaired) electrons. The Balaban J connectivity index is 0.00000144. The highest BCUT2D eigenvalue weighted by molar-refractivity contribution is 8.93. The van der Waals surface area contributed by atoms with Gasteiger partial charge in [-0.3, -0.25) is 10.2 Å². The van der Waals surface area contributed by atoms with Crippen LogP contribution in [0, 0.1) is 12.3 Å². The fraction of sp³-hybridized carbons (Fsp3) is 0.167. The molecule has 1 heterocycles. The van der Waals surface area contributed by atoms with Crippen LogP contribution in [0.25, 0.3) is 0 Å². The summed E-state index contributed by atoms with van der Waals surface area (Å²) in [7, 11) is 0. The van der Waals surface area contributed by atoms with Gasteiger partial charge in [-0.1, -0.05) is 29.8 Å². The second-order valence-electron chi connectivity index (χ2n) is 3.63. The van der Waals surface area contributed by atoms with E-state index in [2.05, 4.69) is 0 Å². The van der Waals surface area contributed by atoms with Crippen molar-refractivity contribution in [2.45, 2.75) is 13.5 Å². The van der Waals surface area contributed by atoms with Gasteiger partial charge >= 0.3 is 0 Å². The second kappa shape index (κ2) is 5.93. The molecule has 0 aliphatic carbocycles. The lowest BCUT2D eigenvalue weighted by Crippen LogP contribution is -2.18. The van der Waals surface area contributed by atoms with E-state index in [9.17, 15) is 4.79 Å². The number of aromatic nitrogens is 1. The number of nitrogens with one attached hydrogen (secondary N) is 1. The van der Waals surface area contributed by atoms with Gasteiger partial charge in [0.25, 0.3) is 0 Å². The Morgan fingerprint density at radius 3 is 2.53 bits per heavy atom. The van der Waals surface area contributed by atoms with E-state index >= 15 is 0 Å². The van der Waals surface area contributed by atoms with Gasteiger partial charge in [0.05, 0.1) is 6.54 Å². The number of carbonyl (C=O) groups excluding carboxylic acids is 1. The van der Waals surface area contributed by atoms with E-state index in [1.807, 2.05) is 36.6 Å². The Kier molecular flexibility index (Phi) is 4.84. The van der Waals surface area contributed by atoms with Crippen LogP contribution in [0.15, 0.2) is 35.8 Å². The molecule has 3 nitrogen and oxygen atoms in total. The molecule has 2 aromatic rings. The summed E-state index contributed by atoms with van der Waals surface area (Å²) in [6.07, 6.45) is 1.76. The molecular weight excluding hydrogens is 300 g/mol.